The number of amides is 1. The molecule has 5 heteroatoms. The van der Waals surface area contributed by atoms with E-state index < -0.39 is 5.97 Å². The Labute approximate surface area is 156 Å². The first-order valence-electron chi connectivity index (χ1n) is 9.33. The van der Waals surface area contributed by atoms with Gasteiger partial charge in [0.25, 0.3) is 5.91 Å². The fourth-order valence-corrected chi connectivity index (χ4v) is 4.94. The maximum absolute atomic E-state index is 12.7. The number of hydrogen-bond donors (Lipinski definition) is 0. The molecular formula is C21H30N2O3. The van der Waals surface area contributed by atoms with Gasteiger partial charge < -0.3 is 14.5 Å². The van der Waals surface area contributed by atoms with Crippen LogP contribution in [0.15, 0.2) is 24.3 Å². The van der Waals surface area contributed by atoms with Gasteiger partial charge in [-0.15, -0.1) is 0 Å². The highest BCUT2D eigenvalue weighted by molar-refractivity contribution is 5.91. The quantitative estimate of drug-likeness (QED) is 0.775. The van der Waals surface area contributed by atoms with Crippen molar-refractivity contribution in [1.82, 2.24) is 4.90 Å². The summed E-state index contributed by atoms with van der Waals surface area (Å²) in [5, 5.41) is 0. The fourth-order valence-electron chi connectivity index (χ4n) is 4.94. The third-order valence-corrected chi connectivity index (χ3v) is 5.68. The molecule has 2 aliphatic rings. The molecule has 5 nitrogen and oxygen atoms in total. The second-order valence-electron chi connectivity index (χ2n) is 9.25. The van der Waals surface area contributed by atoms with Crippen LogP contribution in [-0.2, 0) is 9.53 Å². The van der Waals surface area contributed by atoms with Gasteiger partial charge >= 0.3 is 5.97 Å². The summed E-state index contributed by atoms with van der Waals surface area (Å²) in [5.41, 5.74) is 1.93. The van der Waals surface area contributed by atoms with Crippen LogP contribution >= 0.6 is 0 Å². The summed E-state index contributed by atoms with van der Waals surface area (Å²) in [6.45, 7) is 7.42. The molecule has 2 fully saturated rings. The van der Waals surface area contributed by atoms with Crippen molar-refractivity contribution in [2.24, 2.45) is 10.8 Å². The molecule has 0 aromatic heterocycles. The molecular weight excluding hydrogens is 328 g/mol. The molecule has 1 aromatic carbocycles. The molecule has 0 N–H and O–H groups in total. The van der Waals surface area contributed by atoms with E-state index in [0.717, 1.165) is 31.5 Å². The van der Waals surface area contributed by atoms with Crippen molar-refractivity contribution in [2.45, 2.75) is 46.1 Å². The van der Waals surface area contributed by atoms with E-state index in [-0.39, 0.29) is 29.4 Å². The van der Waals surface area contributed by atoms with E-state index in [0.29, 0.717) is 5.56 Å². The number of carbonyl (C=O) groups is 2. The maximum Gasteiger partial charge on any atom is 0.338 e. The van der Waals surface area contributed by atoms with Gasteiger partial charge in [-0.1, -0.05) is 20.8 Å². The van der Waals surface area contributed by atoms with Gasteiger partial charge in [-0.05, 0) is 54.4 Å². The van der Waals surface area contributed by atoms with Crippen molar-refractivity contribution in [3.8, 4) is 0 Å². The summed E-state index contributed by atoms with van der Waals surface area (Å²) in [6, 6.07) is 7.47. The van der Waals surface area contributed by atoms with Crippen molar-refractivity contribution < 1.29 is 14.3 Å². The lowest BCUT2D eigenvalue weighted by molar-refractivity contribution is -0.135. The molecule has 0 radical (unpaired) electrons. The molecule has 1 heterocycles. The minimum atomic E-state index is -0.447. The number of carbonyl (C=O) groups excluding carboxylic acids is 2. The van der Waals surface area contributed by atoms with Crippen molar-refractivity contribution >= 4 is 17.6 Å². The Morgan fingerprint density at radius 1 is 1.15 bits per heavy atom. The number of anilines is 1. The lowest BCUT2D eigenvalue weighted by Gasteiger charge is -2.39. The number of ether oxygens (including phenoxy) is 1. The molecule has 3 rings (SSSR count). The topological polar surface area (TPSA) is 49.9 Å². The van der Waals surface area contributed by atoms with Crippen LogP contribution < -0.4 is 4.90 Å². The van der Waals surface area contributed by atoms with Crippen molar-refractivity contribution in [3.63, 3.8) is 0 Å². The number of nitrogens with zero attached hydrogens (tertiary/aromatic N) is 2. The smallest absolute Gasteiger partial charge is 0.338 e. The number of esters is 1. The van der Waals surface area contributed by atoms with E-state index in [9.17, 15) is 9.59 Å². The summed E-state index contributed by atoms with van der Waals surface area (Å²) in [5.74, 6) is -0.521. The van der Waals surface area contributed by atoms with Crippen molar-refractivity contribution in [1.29, 1.82) is 0 Å². The third kappa shape index (κ3) is 3.87. The molecule has 1 saturated carbocycles. The first kappa shape index (κ1) is 18.7. The van der Waals surface area contributed by atoms with Crippen molar-refractivity contribution in [3.05, 3.63) is 29.8 Å². The van der Waals surface area contributed by atoms with Crippen LogP contribution in [0.1, 0.15) is 50.4 Å². The van der Waals surface area contributed by atoms with E-state index in [1.54, 1.807) is 12.1 Å². The molecule has 1 amide bonds. The Balaban J connectivity index is 1.58. The molecule has 1 aliphatic carbocycles. The molecule has 0 spiro atoms. The number of hydrogen-bond acceptors (Lipinski definition) is 4. The fraction of sp³-hybridized carbons (Fsp3) is 0.619. The molecule has 142 valence electrons. The summed E-state index contributed by atoms with van der Waals surface area (Å²) in [7, 11) is 3.89. The SMILES string of the molecule is CN(C)c1ccc(C(=O)OCC(=O)N2C[C@]3(C)C[C@H]2CC(C)(C)C3)cc1. The Bertz CT molecular complexity index is 696. The summed E-state index contributed by atoms with van der Waals surface area (Å²) in [4.78, 5) is 28.8. The van der Waals surface area contributed by atoms with Gasteiger partial charge in [0.15, 0.2) is 6.61 Å². The Hall–Kier alpha value is -2.04. The number of benzene rings is 1. The summed E-state index contributed by atoms with van der Waals surface area (Å²) < 4.78 is 5.29. The third-order valence-electron chi connectivity index (χ3n) is 5.68. The highest BCUT2D eigenvalue weighted by Crippen LogP contribution is 2.52. The van der Waals surface area contributed by atoms with Gasteiger partial charge in [0.2, 0.25) is 0 Å². The van der Waals surface area contributed by atoms with Crippen LogP contribution in [0.4, 0.5) is 5.69 Å². The van der Waals surface area contributed by atoms with Crippen LogP contribution in [0.3, 0.4) is 0 Å². The molecule has 26 heavy (non-hydrogen) atoms. The minimum absolute atomic E-state index is 0.0744. The molecule has 1 aromatic rings. The average molecular weight is 358 g/mol. The molecule has 1 saturated heterocycles. The van der Waals surface area contributed by atoms with Crippen molar-refractivity contribution in [2.75, 3.05) is 32.1 Å². The van der Waals surface area contributed by atoms with E-state index in [1.165, 1.54) is 0 Å². The van der Waals surface area contributed by atoms with Crippen LogP contribution in [0, 0.1) is 10.8 Å². The predicted octanol–water partition coefficient (Wildman–Crippen LogP) is 3.34. The lowest BCUT2D eigenvalue weighted by atomic mass is 9.65. The predicted molar refractivity (Wildman–Crippen MR) is 102 cm³/mol. The van der Waals surface area contributed by atoms with Gasteiger partial charge in [0, 0.05) is 32.4 Å². The lowest BCUT2D eigenvalue weighted by Crippen LogP contribution is -2.39. The maximum atomic E-state index is 12.7. The minimum Gasteiger partial charge on any atom is -0.452 e. The van der Waals surface area contributed by atoms with Gasteiger partial charge in [-0.25, -0.2) is 4.79 Å². The van der Waals surface area contributed by atoms with Crippen LogP contribution in [0.25, 0.3) is 0 Å². The van der Waals surface area contributed by atoms with E-state index in [2.05, 4.69) is 20.8 Å². The zero-order valence-corrected chi connectivity index (χ0v) is 16.5. The largest absolute Gasteiger partial charge is 0.452 e. The standard InChI is InChI=1S/C21H30N2O3/c1-20(2)10-17-11-21(3,13-20)14-23(17)18(24)12-26-19(25)15-6-8-16(9-7-15)22(4)5/h6-9,17H,10-14H2,1-5H3/t17-,21-/m1/s1. The summed E-state index contributed by atoms with van der Waals surface area (Å²) >= 11 is 0. The Kier molecular flexibility index (Phi) is 4.76. The van der Waals surface area contributed by atoms with Crippen LogP contribution in [0.5, 0.6) is 0 Å². The molecule has 2 atom stereocenters. The second-order valence-corrected chi connectivity index (χ2v) is 9.25. The average Bonchev–Trinajstić information content (AvgIpc) is 2.81. The first-order chi connectivity index (χ1) is 12.1. The van der Waals surface area contributed by atoms with E-state index in [4.69, 9.17) is 4.74 Å². The van der Waals surface area contributed by atoms with Gasteiger partial charge in [-0.2, -0.15) is 0 Å². The summed E-state index contributed by atoms with van der Waals surface area (Å²) in [6.07, 6.45) is 3.22. The molecule has 0 unspecified atom stereocenters. The van der Waals surface area contributed by atoms with Gasteiger partial charge in [-0.3, -0.25) is 4.79 Å². The highest BCUT2D eigenvalue weighted by atomic mass is 16.5. The molecule has 1 aliphatic heterocycles. The van der Waals surface area contributed by atoms with Crippen LogP contribution in [-0.4, -0.2) is 50.1 Å². The second kappa shape index (κ2) is 6.60. The van der Waals surface area contributed by atoms with E-state index >= 15 is 0 Å². The first-order valence-corrected chi connectivity index (χ1v) is 9.33. The highest BCUT2D eigenvalue weighted by Gasteiger charge is 2.50. The van der Waals surface area contributed by atoms with E-state index in [1.807, 2.05) is 36.0 Å². The number of rotatable bonds is 4. The Morgan fingerprint density at radius 2 is 1.81 bits per heavy atom. The number of fused-ring (bicyclic) bond motifs is 2. The monoisotopic (exact) mass is 358 g/mol. The molecule has 2 bridgehead atoms. The Morgan fingerprint density at radius 3 is 2.42 bits per heavy atom. The van der Waals surface area contributed by atoms with Crippen LogP contribution in [0.2, 0.25) is 0 Å². The van der Waals surface area contributed by atoms with Gasteiger partial charge in [0.05, 0.1) is 5.56 Å². The number of likely N-dealkylation sites (tertiary alicyclic amines) is 1. The zero-order chi connectivity index (χ0) is 19.1. The van der Waals surface area contributed by atoms with Gasteiger partial charge in [0.1, 0.15) is 0 Å². The zero-order valence-electron chi connectivity index (χ0n) is 16.5. The normalized spacial score (nSPS) is 26.5.